The average molecular weight is 374 g/mol. The Morgan fingerprint density at radius 3 is 2.58 bits per heavy atom. The summed E-state index contributed by atoms with van der Waals surface area (Å²) in [6.45, 7) is 0. The van der Waals surface area contributed by atoms with Crippen LogP contribution in [0.4, 0.5) is 18.9 Å². The normalized spacial score (nSPS) is 12.8. The van der Waals surface area contributed by atoms with E-state index in [-0.39, 0.29) is 10.8 Å². The van der Waals surface area contributed by atoms with E-state index in [1.807, 2.05) is 0 Å². The Bertz CT molecular complexity index is 747. The quantitative estimate of drug-likeness (QED) is 0.283. The predicted octanol–water partition coefficient (Wildman–Crippen LogP) is 3.96. The third-order valence-corrected chi connectivity index (χ3v) is 3.82. The molecule has 24 heavy (non-hydrogen) atoms. The number of alkyl halides is 3. The molecule has 1 heterocycles. The van der Waals surface area contributed by atoms with Crippen LogP contribution < -0.4 is 5.84 Å². The van der Waals surface area contributed by atoms with Gasteiger partial charge in [-0.25, -0.2) is 9.97 Å². The van der Waals surface area contributed by atoms with Crippen LogP contribution in [0.1, 0.15) is 5.82 Å². The summed E-state index contributed by atoms with van der Waals surface area (Å²) in [5.41, 5.74) is 1.04. The van der Waals surface area contributed by atoms with E-state index in [0.29, 0.717) is 16.4 Å². The van der Waals surface area contributed by atoms with Gasteiger partial charge in [0.25, 0.3) is 0 Å². The van der Waals surface area contributed by atoms with Gasteiger partial charge in [-0.15, -0.1) is 0 Å². The molecule has 0 radical (unpaired) electrons. The van der Waals surface area contributed by atoms with Gasteiger partial charge in [0.2, 0.25) is 5.82 Å². The maximum absolute atomic E-state index is 12.6. The molecule has 0 aliphatic carbocycles. The Morgan fingerprint density at radius 2 is 1.96 bits per heavy atom. The number of aliphatic imine (C=N–C) groups is 1. The molecule has 0 bridgehead atoms. The lowest BCUT2D eigenvalue weighted by atomic mass is 10.3. The van der Waals surface area contributed by atoms with Crippen LogP contribution in [0.5, 0.6) is 0 Å². The topological polar surface area (TPSA) is 76.5 Å². The highest BCUT2D eigenvalue weighted by molar-refractivity contribution is 8.00. The molecule has 0 amide bonds. The number of aromatic nitrogens is 2. The third-order valence-electron chi connectivity index (χ3n) is 2.61. The average Bonchev–Trinajstić information content (AvgIpc) is 2.56. The first-order valence-corrected chi connectivity index (χ1v) is 7.84. The molecule has 126 valence electrons. The Morgan fingerprint density at radius 1 is 1.25 bits per heavy atom. The van der Waals surface area contributed by atoms with Crippen molar-refractivity contribution in [1.29, 1.82) is 0 Å². The molecular formula is C14H11ClF3N5S. The van der Waals surface area contributed by atoms with Gasteiger partial charge in [-0.2, -0.15) is 18.3 Å². The zero-order valence-electron chi connectivity index (χ0n) is 12.0. The molecule has 2 rings (SSSR count). The van der Waals surface area contributed by atoms with Crippen molar-refractivity contribution in [1.82, 2.24) is 9.97 Å². The first-order chi connectivity index (χ1) is 11.4. The minimum absolute atomic E-state index is 0.165. The van der Waals surface area contributed by atoms with Crippen LogP contribution in [0.2, 0.25) is 5.02 Å². The Kier molecular flexibility index (Phi) is 6.16. The van der Waals surface area contributed by atoms with Crippen LogP contribution in [0.3, 0.4) is 0 Å². The number of halogens is 4. The second kappa shape index (κ2) is 8.11. The second-order valence-electron chi connectivity index (χ2n) is 4.36. The van der Waals surface area contributed by atoms with E-state index >= 15 is 0 Å². The van der Waals surface area contributed by atoms with Gasteiger partial charge in [0, 0.05) is 17.0 Å². The lowest BCUT2D eigenvalue weighted by Gasteiger charge is -2.06. The molecule has 0 saturated heterocycles. The number of hydrogen-bond donors (Lipinski definition) is 1. The predicted molar refractivity (Wildman–Crippen MR) is 89.0 cm³/mol. The summed E-state index contributed by atoms with van der Waals surface area (Å²) in [6.07, 6.45) is -2.10. The van der Waals surface area contributed by atoms with E-state index in [1.165, 1.54) is 12.3 Å². The standard InChI is InChI=1S/C14H11ClF3N5S/c15-9-1-3-10(4-2-9)21-7-11(23-19)8-24-12-5-6-20-13(22-12)14(16,17)18/h1-7H,8,19H2/b21-7?,23-11+. The highest BCUT2D eigenvalue weighted by Gasteiger charge is 2.34. The van der Waals surface area contributed by atoms with Gasteiger partial charge in [0.1, 0.15) is 5.03 Å². The number of rotatable bonds is 5. The van der Waals surface area contributed by atoms with Crippen LogP contribution >= 0.6 is 23.4 Å². The maximum atomic E-state index is 12.6. The SMILES string of the molecule is N/N=C(\C=Nc1ccc(Cl)cc1)CSc1ccnc(C(F)(F)F)n1. The largest absolute Gasteiger partial charge is 0.451 e. The van der Waals surface area contributed by atoms with Crippen LogP contribution in [-0.2, 0) is 6.18 Å². The van der Waals surface area contributed by atoms with E-state index in [0.717, 1.165) is 18.0 Å². The number of nitrogens with zero attached hydrogens (tertiary/aromatic N) is 4. The molecule has 0 aliphatic heterocycles. The molecule has 2 aromatic rings. The molecule has 0 saturated carbocycles. The molecule has 0 atom stereocenters. The summed E-state index contributed by atoms with van der Waals surface area (Å²) >= 11 is 6.82. The van der Waals surface area contributed by atoms with Gasteiger partial charge in [-0.1, -0.05) is 23.4 Å². The minimum atomic E-state index is -4.59. The van der Waals surface area contributed by atoms with Crippen molar-refractivity contribution in [2.45, 2.75) is 11.2 Å². The van der Waals surface area contributed by atoms with Crippen molar-refractivity contribution in [3.63, 3.8) is 0 Å². The maximum Gasteiger partial charge on any atom is 0.451 e. The Balaban J connectivity index is 2.00. The summed E-state index contributed by atoms with van der Waals surface area (Å²) in [5.74, 6) is 4.30. The van der Waals surface area contributed by atoms with Crippen molar-refractivity contribution < 1.29 is 13.2 Å². The van der Waals surface area contributed by atoms with Crippen molar-refractivity contribution in [2.75, 3.05) is 5.75 Å². The van der Waals surface area contributed by atoms with Gasteiger partial charge >= 0.3 is 6.18 Å². The van der Waals surface area contributed by atoms with Crippen LogP contribution in [0.15, 0.2) is 51.6 Å². The summed E-state index contributed by atoms with van der Waals surface area (Å²) in [4.78, 5) is 10.8. The van der Waals surface area contributed by atoms with E-state index in [4.69, 9.17) is 17.4 Å². The summed E-state index contributed by atoms with van der Waals surface area (Å²) in [7, 11) is 0. The van der Waals surface area contributed by atoms with E-state index in [1.54, 1.807) is 24.3 Å². The molecule has 10 heteroatoms. The number of nitrogens with two attached hydrogens (primary N) is 1. The second-order valence-corrected chi connectivity index (χ2v) is 5.79. The number of benzene rings is 1. The number of hydrogen-bond acceptors (Lipinski definition) is 6. The molecule has 1 aromatic carbocycles. The Hall–Kier alpha value is -2.13. The van der Waals surface area contributed by atoms with Crippen LogP contribution in [-0.4, -0.2) is 27.6 Å². The van der Waals surface area contributed by atoms with Crippen molar-refractivity contribution in [3.05, 3.63) is 47.4 Å². The lowest BCUT2D eigenvalue weighted by Crippen LogP contribution is -2.11. The third kappa shape index (κ3) is 5.50. The smallest absolute Gasteiger partial charge is 0.323 e. The Labute approximate surface area is 144 Å². The van der Waals surface area contributed by atoms with Gasteiger partial charge in [0.05, 0.1) is 17.6 Å². The first kappa shape index (κ1) is 18.2. The highest BCUT2D eigenvalue weighted by atomic mass is 35.5. The first-order valence-electron chi connectivity index (χ1n) is 6.48. The monoisotopic (exact) mass is 373 g/mol. The summed E-state index contributed by atoms with van der Waals surface area (Å²) < 4.78 is 37.7. The molecule has 0 unspecified atom stereocenters. The van der Waals surface area contributed by atoms with Crippen molar-refractivity contribution in [3.8, 4) is 0 Å². The molecular weight excluding hydrogens is 363 g/mol. The fourth-order valence-corrected chi connectivity index (χ4v) is 2.37. The minimum Gasteiger partial charge on any atom is -0.323 e. The fourth-order valence-electron chi connectivity index (χ4n) is 1.49. The lowest BCUT2D eigenvalue weighted by molar-refractivity contribution is -0.145. The molecule has 0 fully saturated rings. The zero-order chi connectivity index (χ0) is 17.6. The van der Waals surface area contributed by atoms with Crippen LogP contribution in [0.25, 0.3) is 0 Å². The van der Waals surface area contributed by atoms with Gasteiger partial charge < -0.3 is 5.84 Å². The van der Waals surface area contributed by atoms with Gasteiger partial charge in [0.15, 0.2) is 0 Å². The molecule has 1 aromatic heterocycles. The number of thioether (sulfide) groups is 1. The van der Waals surface area contributed by atoms with E-state index < -0.39 is 12.0 Å². The molecule has 0 spiro atoms. The highest BCUT2D eigenvalue weighted by Crippen LogP contribution is 2.27. The van der Waals surface area contributed by atoms with Gasteiger partial charge in [-0.05, 0) is 30.3 Å². The molecule has 2 N–H and O–H groups in total. The number of hydrazone groups is 1. The van der Waals surface area contributed by atoms with E-state index in [2.05, 4.69) is 20.1 Å². The van der Waals surface area contributed by atoms with Gasteiger partial charge in [-0.3, -0.25) is 4.99 Å². The van der Waals surface area contributed by atoms with Crippen molar-refractivity contribution >= 4 is 41.0 Å². The summed E-state index contributed by atoms with van der Waals surface area (Å²) in [6, 6.07) is 8.16. The summed E-state index contributed by atoms with van der Waals surface area (Å²) in [5, 5.41) is 4.31. The van der Waals surface area contributed by atoms with Crippen LogP contribution in [0, 0.1) is 0 Å². The fraction of sp³-hybridized carbons (Fsp3) is 0.143. The molecule has 0 aliphatic rings. The zero-order valence-corrected chi connectivity index (χ0v) is 13.6. The molecule has 5 nitrogen and oxygen atoms in total. The van der Waals surface area contributed by atoms with E-state index in [9.17, 15) is 13.2 Å². The van der Waals surface area contributed by atoms with Crippen molar-refractivity contribution in [2.24, 2.45) is 15.9 Å².